The maximum Gasteiger partial charge on any atom is 0.165 e. The zero-order chi connectivity index (χ0) is 20.5. The Labute approximate surface area is 174 Å². The summed E-state index contributed by atoms with van der Waals surface area (Å²) in [6, 6.07) is 15.5. The van der Waals surface area contributed by atoms with E-state index in [0.717, 1.165) is 42.5 Å². The molecular weight excluding hydrogens is 378 g/mol. The molecule has 0 amide bonds. The highest BCUT2D eigenvalue weighted by Gasteiger charge is 2.15. The van der Waals surface area contributed by atoms with E-state index >= 15 is 0 Å². The third-order valence-electron chi connectivity index (χ3n) is 4.59. The number of aryl methyl sites for hydroxylation is 1. The Morgan fingerprint density at radius 1 is 1.00 bits per heavy atom. The van der Waals surface area contributed by atoms with Crippen LogP contribution >= 0.6 is 0 Å². The quantitative estimate of drug-likeness (QED) is 0.320. The number of pyridine rings is 1. The zero-order valence-electron chi connectivity index (χ0n) is 17.7. The molecule has 5 nitrogen and oxygen atoms in total. The van der Waals surface area contributed by atoms with Crippen molar-refractivity contribution in [3.63, 3.8) is 0 Å². The van der Waals surface area contributed by atoms with E-state index in [9.17, 15) is 0 Å². The number of benzene rings is 1. The summed E-state index contributed by atoms with van der Waals surface area (Å²) in [7, 11) is -1.09. The Bertz CT molecular complexity index is 861. The highest BCUT2D eigenvalue weighted by Crippen LogP contribution is 2.28. The molecule has 0 unspecified atom stereocenters. The molecule has 3 aromatic rings. The molecule has 0 saturated carbocycles. The summed E-state index contributed by atoms with van der Waals surface area (Å²) >= 11 is 0. The standard InChI is InChI=1S/C23H31N3O2Si/c1-29(2,3)16-15-27-19-26-18-22(23(25-26)21-12-7-13-24-17-21)28-14-8-11-20-9-5-4-6-10-20/h4-7,9-10,12-13,17-18H,8,11,14-16,19H2,1-3H3. The molecule has 0 radical (unpaired) electrons. The van der Waals surface area contributed by atoms with Gasteiger partial charge in [0.15, 0.2) is 5.75 Å². The van der Waals surface area contributed by atoms with Gasteiger partial charge in [0.05, 0.1) is 12.8 Å². The highest BCUT2D eigenvalue weighted by molar-refractivity contribution is 6.76. The first-order chi connectivity index (χ1) is 14.0. The monoisotopic (exact) mass is 409 g/mol. The van der Waals surface area contributed by atoms with Gasteiger partial charge in [-0.3, -0.25) is 4.98 Å². The molecule has 6 heteroatoms. The van der Waals surface area contributed by atoms with Crippen LogP contribution in [0.3, 0.4) is 0 Å². The highest BCUT2D eigenvalue weighted by atomic mass is 28.3. The lowest BCUT2D eigenvalue weighted by molar-refractivity contribution is 0.0785. The Balaban J connectivity index is 1.60. The Morgan fingerprint density at radius 2 is 1.83 bits per heavy atom. The van der Waals surface area contributed by atoms with Gasteiger partial charge in [0.25, 0.3) is 0 Å². The Morgan fingerprint density at radius 3 is 2.55 bits per heavy atom. The predicted octanol–water partition coefficient (Wildman–Crippen LogP) is 5.27. The maximum atomic E-state index is 6.09. The second-order valence-corrected chi connectivity index (χ2v) is 14.0. The van der Waals surface area contributed by atoms with Crippen LogP contribution in [0.15, 0.2) is 61.1 Å². The van der Waals surface area contributed by atoms with Gasteiger partial charge in [-0.2, -0.15) is 5.10 Å². The van der Waals surface area contributed by atoms with Gasteiger partial charge in [-0.05, 0) is 36.6 Å². The lowest BCUT2D eigenvalue weighted by atomic mass is 10.1. The molecule has 0 bridgehead atoms. The van der Waals surface area contributed by atoms with Crippen molar-refractivity contribution in [2.24, 2.45) is 0 Å². The van der Waals surface area contributed by atoms with Gasteiger partial charge >= 0.3 is 0 Å². The van der Waals surface area contributed by atoms with Crippen LogP contribution < -0.4 is 4.74 Å². The predicted molar refractivity (Wildman–Crippen MR) is 120 cm³/mol. The Hall–Kier alpha value is -2.44. The van der Waals surface area contributed by atoms with E-state index in [0.29, 0.717) is 13.3 Å². The fourth-order valence-corrected chi connectivity index (χ4v) is 3.67. The Kier molecular flexibility index (Phi) is 7.60. The van der Waals surface area contributed by atoms with Gasteiger partial charge in [0, 0.05) is 32.6 Å². The number of hydrogen-bond acceptors (Lipinski definition) is 4. The van der Waals surface area contributed by atoms with Crippen molar-refractivity contribution in [2.45, 2.75) is 45.3 Å². The third kappa shape index (κ3) is 7.14. The van der Waals surface area contributed by atoms with Gasteiger partial charge in [0.1, 0.15) is 12.4 Å². The minimum atomic E-state index is -1.09. The van der Waals surface area contributed by atoms with Crippen molar-refractivity contribution in [3.05, 3.63) is 66.6 Å². The van der Waals surface area contributed by atoms with Crippen molar-refractivity contribution >= 4 is 8.07 Å². The number of ether oxygens (including phenoxy) is 2. The summed E-state index contributed by atoms with van der Waals surface area (Å²) in [6.45, 7) is 8.91. The first-order valence-corrected chi connectivity index (χ1v) is 13.9. The zero-order valence-corrected chi connectivity index (χ0v) is 18.7. The van der Waals surface area contributed by atoms with Crippen LogP contribution in [0.25, 0.3) is 11.3 Å². The molecule has 1 aromatic carbocycles. The van der Waals surface area contributed by atoms with E-state index in [1.807, 2.05) is 35.3 Å². The van der Waals surface area contributed by atoms with Crippen molar-refractivity contribution in [1.29, 1.82) is 0 Å². The summed E-state index contributed by atoms with van der Waals surface area (Å²) in [6.07, 6.45) is 7.46. The largest absolute Gasteiger partial charge is 0.490 e. The van der Waals surface area contributed by atoms with Gasteiger partial charge in [-0.25, -0.2) is 4.68 Å². The second kappa shape index (κ2) is 10.4. The normalized spacial score (nSPS) is 11.6. The fourth-order valence-electron chi connectivity index (χ4n) is 2.92. The topological polar surface area (TPSA) is 49.2 Å². The molecule has 0 fully saturated rings. The van der Waals surface area contributed by atoms with Crippen molar-refractivity contribution < 1.29 is 9.47 Å². The molecule has 29 heavy (non-hydrogen) atoms. The number of nitrogens with zero attached hydrogens (tertiary/aromatic N) is 3. The minimum absolute atomic E-state index is 0.436. The molecule has 2 heterocycles. The van der Waals surface area contributed by atoms with Crippen LogP contribution in [-0.2, 0) is 17.9 Å². The van der Waals surface area contributed by atoms with Crippen LogP contribution in [0, 0.1) is 0 Å². The third-order valence-corrected chi connectivity index (χ3v) is 6.30. The van der Waals surface area contributed by atoms with Crippen LogP contribution in [-0.4, -0.2) is 36.1 Å². The molecule has 0 spiro atoms. The second-order valence-electron chi connectivity index (χ2n) is 8.41. The summed E-state index contributed by atoms with van der Waals surface area (Å²) in [5, 5.41) is 4.69. The molecule has 154 valence electrons. The lowest BCUT2D eigenvalue weighted by Crippen LogP contribution is -2.22. The smallest absolute Gasteiger partial charge is 0.165 e. The van der Waals surface area contributed by atoms with Gasteiger partial charge in [0.2, 0.25) is 0 Å². The molecule has 0 atom stereocenters. The van der Waals surface area contributed by atoms with Gasteiger partial charge < -0.3 is 9.47 Å². The van der Waals surface area contributed by atoms with E-state index in [1.165, 1.54) is 5.56 Å². The first-order valence-electron chi connectivity index (χ1n) is 10.2. The van der Waals surface area contributed by atoms with E-state index < -0.39 is 8.07 Å². The van der Waals surface area contributed by atoms with Crippen molar-refractivity contribution in [2.75, 3.05) is 13.2 Å². The maximum absolute atomic E-state index is 6.09. The van der Waals surface area contributed by atoms with E-state index in [4.69, 9.17) is 9.47 Å². The fraction of sp³-hybridized carbons (Fsp3) is 0.391. The minimum Gasteiger partial charge on any atom is -0.490 e. The van der Waals surface area contributed by atoms with E-state index in [2.05, 4.69) is 54.0 Å². The van der Waals surface area contributed by atoms with Gasteiger partial charge in [-0.1, -0.05) is 50.0 Å². The average molecular weight is 410 g/mol. The number of rotatable bonds is 11. The van der Waals surface area contributed by atoms with Crippen molar-refractivity contribution in [1.82, 2.24) is 14.8 Å². The van der Waals surface area contributed by atoms with Crippen LogP contribution in [0.1, 0.15) is 12.0 Å². The molecular formula is C23H31N3O2Si. The summed E-state index contributed by atoms with van der Waals surface area (Å²) in [5.41, 5.74) is 3.09. The summed E-state index contributed by atoms with van der Waals surface area (Å²) in [5.74, 6) is 0.778. The summed E-state index contributed by atoms with van der Waals surface area (Å²) < 4.78 is 13.8. The molecule has 2 aromatic heterocycles. The van der Waals surface area contributed by atoms with Crippen molar-refractivity contribution in [3.8, 4) is 17.0 Å². The molecule has 0 saturated heterocycles. The molecule has 3 rings (SSSR count). The molecule has 0 aliphatic heterocycles. The lowest BCUT2D eigenvalue weighted by Gasteiger charge is -2.15. The average Bonchev–Trinajstić information content (AvgIpc) is 3.12. The van der Waals surface area contributed by atoms with Crippen LogP contribution in [0.2, 0.25) is 25.7 Å². The summed E-state index contributed by atoms with van der Waals surface area (Å²) in [4.78, 5) is 4.22. The van der Waals surface area contributed by atoms with E-state index in [-0.39, 0.29) is 0 Å². The SMILES string of the molecule is C[Si](C)(C)CCOCn1cc(OCCCc2ccccc2)c(-c2cccnc2)n1. The number of hydrogen-bond donors (Lipinski definition) is 0. The van der Waals surface area contributed by atoms with E-state index in [1.54, 1.807) is 6.20 Å². The molecule has 0 aliphatic carbocycles. The molecule has 0 N–H and O–H groups in total. The van der Waals surface area contributed by atoms with Crippen LogP contribution in [0.4, 0.5) is 0 Å². The van der Waals surface area contributed by atoms with Gasteiger partial charge in [-0.15, -0.1) is 0 Å². The molecule has 0 aliphatic rings. The first kappa shape index (κ1) is 21.3. The number of aromatic nitrogens is 3. The van der Waals surface area contributed by atoms with Crippen LogP contribution in [0.5, 0.6) is 5.75 Å².